The molecule has 0 spiro atoms. The van der Waals surface area contributed by atoms with Crippen molar-refractivity contribution in [1.82, 2.24) is 9.55 Å². The van der Waals surface area contributed by atoms with Crippen molar-refractivity contribution in [2.24, 2.45) is 0 Å². The minimum Gasteiger partial charge on any atom is -0.480 e. The van der Waals surface area contributed by atoms with Crippen LogP contribution in [0.5, 0.6) is 0 Å². The van der Waals surface area contributed by atoms with E-state index in [0.29, 0.717) is 18.4 Å². The van der Waals surface area contributed by atoms with Crippen LogP contribution in [-0.4, -0.2) is 50.9 Å². The Hall–Kier alpha value is -1.89. The van der Waals surface area contributed by atoms with Crippen molar-refractivity contribution >= 4 is 11.8 Å². The molecule has 1 aliphatic carbocycles. The number of hydrogen-bond donors (Lipinski definition) is 2. The van der Waals surface area contributed by atoms with Crippen molar-refractivity contribution in [3.05, 3.63) is 22.2 Å². The first-order chi connectivity index (χ1) is 12.0. The number of anilines is 1. The van der Waals surface area contributed by atoms with Gasteiger partial charge in [-0.3, -0.25) is 14.2 Å². The fourth-order valence-corrected chi connectivity index (χ4v) is 4.50. The summed E-state index contributed by atoms with van der Waals surface area (Å²) >= 11 is 0. The van der Waals surface area contributed by atoms with Crippen LogP contribution < -0.4 is 10.9 Å². The SMILES string of the molecule is Cc1cnc(NC[N+]2(C3CCCCC3)CCCC2)c(=O)n1CC(=O)O. The van der Waals surface area contributed by atoms with E-state index in [1.807, 2.05) is 0 Å². The van der Waals surface area contributed by atoms with Gasteiger partial charge >= 0.3 is 5.97 Å². The first-order valence-corrected chi connectivity index (χ1v) is 9.40. The highest BCUT2D eigenvalue weighted by molar-refractivity contribution is 5.66. The maximum atomic E-state index is 12.6. The lowest BCUT2D eigenvalue weighted by Crippen LogP contribution is -2.56. The minimum atomic E-state index is -1.02. The van der Waals surface area contributed by atoms with Crippen LogP contribution in [0.1, 0.15) is 50.6 Å². The molecule has 1 saturated carbocycles. The summed E-state index contributed by atoms with van der Waals surface area (Å²) in [5.41, 5.74) is 0.221. The zero-order valence-electron chi connectivity index (χ0n) is 15.0. The summed E-state index contributed by atoms with van der Waals surface area (Å²) in [6.07, 6.45) is 10.5. The van der Waals surface area contributed by atoms with E-state index in [0.717, 1.165) is 17.6 Å². The fraction of sp³-hybridized carbons (Fsp3) is 0.722. The molecule has 3 rings (SSSR count). The van der Waals surface area contributed by atoms with Crippen LogP contribution in [-0.2, 0) is 11.3 Å². The van der Waals surface area contributed by atoms with E-state index in [-0.39, 0.29) is 17.9 Å². The predicted molar refractivity (Wildman–Crippen MR) is 95.5 cm³/mol. The van der Waals surface area contributed by atoms with E-state index in [2.05, 4.69) is 10.3 Å². The second-order valence-corrected chi connectivity index (χ2v) is 7.53. The Morgan fingerprint density at radius 1 is 1.28 bits per heavy atom. The summed E-state index contributed by atoms with van der Waals surface area (Å²) in [6, 6.07) is 0.676. The molecule has 0 atom stereocenters. The molecule has 2 aliphatic rings. The molecule has 1 saturated heterocycles. The summed E-state index contributed by atoms with van der Waals surface area (Å²) in [5.74, 6) is -0.750. The van der Waals surface area contributed by atoms with Gasteiger partial charge in [0.1, 0.15) is 6.54 Å². The molecule has 138 valence electrons. The van der Waals surface area contributed by atoms with Crippen LogP contribution in [0.25, 0.3) is 0 Å². The highest BCUT2D eigenvalue weighted by Gasteiger charge is 2.40. The van der Waals surface area contributed by atoms with E-state index in [4.69, 9.17) is 5.11 Å². The summed E-state index contributed by atoms with van der Waals surface area (Å²) in [4.78, 5) is 27.8. The molecule has 0 bridgehead atoms. The normalized spacial score (nSPS) is 20.5. The van der Waals surface area contributed by atoms with Crippen molar-refractivity contribution in [2.45, 2.75) is 64.5 Å². The van der Waals surface area contributed by atoms with Gasteiger partial charge in [-0.15, -0.1) is 0 Å². The maximum absolute atomic E-state index is 12.6. The topological polar surface area (TPSA) is 84.2 Å². The molecule has 0 radical (unpaired) electrons. The average molecular weight is 349 g/mol. The molecule has 1 aromatic heterocycles. The standard InChI is InChI=1S/C18H28N4O3/c1-14-11-19-17(18(25)21(14)12-16(23)24)20-13-22(9-5-6-10-22)15-7-3-2-4-8-15/h11,15H,2-10,12-13H2,1H3,(H-,19,20,23,24)/p+1. The third-order valence-corrected chi connectivity index (χ3v) is 5.91. The van der Waals surface area contributed by atoms with Crippen LogP contribution in [0.3, 0.4) is 0 Å². The lowest BCUT2D eigenvalue weighted by Gasteiger charge is -2.43. The molecular formula is C18H29N4O3+. The molecule has 7 nitrogen and oxygen atoms in total. The van der Waals surface area contributed by atoms with Crippen LogP contribution in [0.4, 0.5) is 5.82 Å². The Kier molecular flexibility index (Phi) is 5.42. The number of hydrogen-bond acceptors (Lipinski definition) is 4. The molecule has 7 heteroatoms. The number of aromatic nitrogens is 2. The smallest absolute Gasteiger partial charge is 0.323 e. The van der Waals surface area contributed by atoms with Gasteiger partial charge < -0.3 is 14.9 Å². The number of rotatable bonds is 6. The number of likely N-dealkylation sites (tertiary alicyclic amines) is 1. The van der Waals surface area contributed by atoms with Gasteiger partial charge in [0.25, 0.3) is 5.56 Å². The van der Waals surface area contributed by atoms with Gasteiger partial charge in [-0.05, 0) is 32.6 Å². The van der Waals surface area contributed by atoms with Crippen molar-refractivity contribution in [2.75, 3.05) is 25.1 Å². The van der Waals surface area contributed by atoms with E-state index in [1.54, 1.807) is 13.1 Å². The molecule has 0 amide bonds. The average Bonchev–Trinajstić information content (AvgIpc) is 3.09. The second-order valence-electron chi connectivity index (χ2n) is 7.53. The second kappa shape index (κ2) is 7.56. The molecule has 0 aromatic carbocycles. The van der Waals surface area contributed by atoms with E-state index < -0.39 is 5.97 Å². The summed E-state index contributed by atoms with van der Waals surface area (Å²) in [7, 11) is 0. The molecule has 1 aliphatic heterocycles. The Morgan fingerprint density at radius 3 is 2.60 bits per heavy atom. The lowest BCUT2D eigenvalue weighted by atomic mass is 9.93. The number of carboxylic acids is 1. The van der Waals surface area contributed by atoms with Gasteiger partial charge in [-0.25, -0.2) is 4.98 Å². The third kappa shape index (κ3) is 3.86. The van der Waals surface area contributed by atoms with E-state index in [9.17, 15) is 9.59 Å². The highest BCUT2D eigenvalue weighted by Crippen LogP contribution is 2.32. The van der Waals surface area contributed by atoms with Crippen molar-refractivity contribution in [3.8, 4) is 0 Å². The molecule has 2 N–H and O–H groups in total. The summed E-state index contributed by atoms with van der Waals surface area (Å²) in [5, 5.41) is 12.3. The molecule has 0 unspecified atom stereocenters. The van der Waals surface area contributed by atoms with Gasteiger partial charge in [0, 0.05) is 24.7 Å². The van der Waals surface area contributed by atoms with Gasteiger partial charge in [0.15, 0.2) is 12.5 Å². The minimum absolute atomic E-state index is 0.270. The maximum Gasteiger partial charge on any atom is 0.323 e. The van der Waals surface area contributed by atoms with Gasteiger partial charge in [-0.2, -0.15) is 0 Å². The Balaban J connectivity index is 1.77. The largest absolute Gasteiger partial charge is 0.480 e. The van der Waals surface area contributed by atoms with Crippen LogP contribution >= 0.6 is 0 Å². The zero-order valence-corrected chi connectivity index (χ0v) is 15.0. The number of nitrogens with one attached hydrogen (secondary N) is 1. The first-order valence-electron chi connectivity index (χ1n) is 9.40. The number of aliphatic carboxylic acids is 1. The van der Waals surface area contributed by atoms with Crippen molar-refractivity contribution in [1.29, 1.82) is 0 Å². The van der Waals surface area contributed by atoms with Gasteiger partial charge in [-0.1, -0.05) is 6.42 Å². The van der Waals surface area contributed by atoms with E-state index >= 15 is 0 Å². The monoisotopic (exact) mass is 349 g/mol. The number of quaternary nitrogens is 1. The third-order valence-electron chi connectivity index (χ3n) is 5.91. The number of aryl methyl sites for hydroxylation is 1. The van der Waals surface area contributed by atoms with Gasteiger partial charge in [0.2, 0.25) is 0 Å². The van der Waals surface area contributed by atoms with Crippen LogP contribution in [0.2, 0.25) is 0 Å². The van der Waals surface area contributed by atoms with Crippen molar-refractivity contribution < 1.29 is 14.4 Å². The highest BCUT2D eigenvalue weighted by atomic mass is 16.4. The molecule has 2 fully saturated rings. The van der Waals surface area contributed by atoms with Gasteiger partial charge in [0.05, 0.1) is 19.1 Å². The quantitative estimate of drug-likeness (QED) is 0.767. The predicted octanol–water partition coefficient (Wildman–Crippen LogP) is 1.95. The number of nitrogens with zero attached hydrogens (tertiary/aromatic N) is 3. The molecular weight excluding hydrogens is 320 g/mol. The Bertz CT molecular complexity index is 673. The summed E-state index contributed by atoms with van der Waals surface area (Å²) < 4.78 is 2.31. The summed E-state index contributed by atoms with van der Waals surface area (Å²) in [6.45, 7) is 4.41. The Labute approximate surface area is 148 Å². The van der Waals surface area contributed by atoms with Crippen molar-refractivity contribution in [3.63, 3.8) is 0 Å². The van der Waals surface area contributed by atoms with E-state index in [1.165, 1.54) is 49.5 Å². The number of carboxylic acid groups (broad SMARTS) is 1. The zero-order chi connectivity index (χ0) is 17.9. The lowest BCUT2D eigenvalue weighted by molar-refractivity contribution is -0.938. The molecule has 25 heavy (non-hydrogen) atoms. The number of carbonyl (C=O) groups is 1. The molecule has 2 heterocycles. The Morgan fingerprint density at radius 2 is 1.96 bits per heavy atom. The molecule has 1 aromatic rings. The fourth-order valence-electron chi connectivity index (χ4n) is 4.50. The first kappa shape index (κ1) is 17.9. The van der Waals surface area contributed by atoms with Crippen LogP contribution in [0, 0.1) is 6.92 Å². The van der Waals surface area contributed by atoms with Crippen LogP contribution in [0.15, 0.2) is 11.0 Å².